The average molecular weight is 493 g/mol. The van der Waals surface area contributed by atoms with E-state index in [4.69, 9.17) is 9.73 Å². The Bertz CT molecular complexity index is 578. The quantitative estimate of drug-likeness (QED) is 0.244. The average Bonchev–Trinajstić information content (AvgIpc) is 3.21. The van der Waals surface area contributed by atoms with E-state index in [1.54, 1.807) is 7.11 Å². The summed E-state index contributed by atoms with van der Waals surface area (Å²) in [6, 6.07) is 0.605. The van der Waals surface area contributed by atoms with Crippen molar-refractivity contribution in [1.82, 2.24) is 29.9 Å². The Labute approximate surface area is 180 Å². The van der Waals surface area contributed by atoms with Gasteiger partial charge in [0.05, 0.1) is 0 Å². The van der Waals surface area contributed by atoms with E-state index in [9.17, 15) is 0 Å². The molecular weight excluding hydrogens is 457 g/mol. The lowest BCUT2D eigenvalue weighted by Crippen LogP contribution is -2.46. The molecule has 2 rings (SSSR count). The molecule has 1 N–H and O–H groups in total. The molecule has 0 bridgehead atoms. The molecule has 1 aromatic heterocycles. The van der Waals surface area contributed by atoms with Gasteiger partial charge in [0.2, 0.25) is 0 Å². The van der Waals surface area contributed by atoms with Gasteiger partial charge in [-0.3, -0.25) is 4.90 Å². The van der Waals surface area contributed by atoms with Gasteiger partial charge < -0.3 is 19.5 Å². The molecular formula is C18H36IN7O. The number of methoxy groups -OCH3 is 1. The van der Waals surface area contributed by atoms with Crippen molar-refractivity contribution < 1.29 is 4.74 Å². The fraction of sp³-hybridized carbons (Fsp3) is 0.833. The normalized spacial score (nSPS) is 17.8. The summed E-state index contributed by atoms with van der Waals surface area (Å²) in [5.41, 5.74) is 0. The Morgan fingerprint density at radius 1 is 1.41 bits per heavy atom. The van der Waals surface area contributed by atoms with Gasteiger partial charge >= 0.3 is 0 Å². The molecule has 156 valence electrons. The molecule has 1 unspecified atom stereocenters. The van der Waals surface area contributed by atoms with Crippen molar-refractivity contribution in [2.45, 2.75) is 45.7 Å². The smallest absolute Gasteiger partial charge is 0.194 e. The summed E-state index contributed by atoms with van der Waals surface area (Å²) in [6.07, 6.45) is 3.51. The molecule has 0 spiro atoms. The predicted molar refractivity (Wildman–Crippen MR) is 120 cm³/mol. The summed E-state index contributed by atoms with van der Waals surface area (Å²) in [6.45, 7) is 9.63. The third-order valence-corrected chi connectivity index (χ3v) is 5.11. The van der Waals surface area contributed by atoms with Crippen LogP contribution in [0.3, 0.4) is 0 Å². The molecule has 1 atom stereocenters. The Balaban J connectivity index is 0.00000364. The predicted octanol–water partition coefficient (Wildman–Crippen LogP) is 1.64. The number of aliphatic imine (C=N–C) groups is 1. The third-order valence-electron chi connectivity index (χ3n) is 5.11. The first-order valence-corrected chi connectivity index (χ1v) is 9.64. The minimum atomic E-state index is 0. The molecule has 1 fully saturated rings. The van der Waals surface area contributed by atoms with Crippen LogP contribution >= 0.6 is 24.0 Å². The molecule has 1 saturated heterocycles. The minimum Gasteiger partial charge on any atom is -0.385 e. The number of nitrogens with one attached hydrogen (secondary N) is 1. The van der Waals surface area contributed by atoms with E-state index in [-0.39, 0.29) is 24.0 Å². The number of hydrogen-bond donors (Lipinski definition) is 1. The van der Waals surface area contributed by atoms with Crippen molar-refractivity contribution in [2.75, 3.05) is 46.9 Å². The number of halogens is 1. The molecule has 9 heteroatoms. The Morgan fingerprint density at radius 2 is 2.19 bits per heavy atom. The van der Waals surface area contributed by atoms with Gasteiger partial charge in [-0.05, 0) is 39.3 Å². The molecule has 1 aromatic rings. The molecule has 27 heavy (non-hydrogen) atoms. The summed E-state index contributed by atoms with van der Waals surface area (Å²) >= 11 is 0. The van der Waals surface area contributed by atoms with Crippen LogP contribution in [-0.2, 0) is 18.3 Å². The molecule has 1 aliphatic heterocycles. The minimum absolute atomic E-state index is 0. The van der Waals surface area contributed by atoms with Gasteiger partial charge in [0.15, 0.2) is 11.8 Å². The first-order valence-electron chi connectivity index (χ1n) is 9.64. The van der Waals surface area contributed by atoms with Gasteiger partial charge in [0.1, 0.15) is 12.4 Å². The fourth-order valence-electron chi connectivity index (χ4n) is 3.38. The zero-order valence-corrected chi connectivity index (χ0v) is 19.8. The van der Waals surface area contributed by atoms with Crippen LogP contribution in [-0.4, -0.2) is 83.5 Å². The van der Waals surface area contributed by atoms with Crippen LogP contribution in [0.25, 0.3) is 0 Å². The van der Waals surface area contributed by atoms with Crippen molar-refractivity contribution in [3.8, 4) is 0 Å². The van der Waals surface area contributed by atoms with E-state index in [0.717, 1.165) is 50.3 Å². The van der Waals surface area contributed by atoms with E-state index in [0.29, 0.717) is 12.6 Å². The first-order chi connectivity index (χ1) is 12.6. The van der Waals surface area contributed by atoms with E-state index < -0.39 is 0 Å². The highest BCUT2D eigenvalue weighted by molar-refractivity contribution is 14.0. The third kappa shape index (κ3) is 7.19. The highest BCUT2D eigenvalue weighted by atomic mass is 127. The molecule has 0 aromatic carbocycles. The van der Waals surface area contributed by atoms with Crippen LogP contribution in [0.5, 0.6) is 0 Å². The van der Waals surface area contributed by atoms with Crippen LogP contribution in [0, 0.1) is 6.92 Å². The van der Waals surface area contributed by atoms with E-state index >= 15 is 0 Å². The number of likely N-dealkylation sites (N-methyl/N-ethyl adjacent to an activating group) is 2. The van der Waals surface area contributed by atoms with Gasteiger partial charge in [0, 0.05) is 46.9 Å². The maximum Gasteiger partial charge on any atom is 0.194 e. The second kappa shape index (κ2) is 12.5. The van der Waals surface area contributed by atoms with Gasteiger partial charge in [-0.25, -0.2) is 4.99 Å². The van der Waals surface area contributed by atoms with Crippen molar-refractivity contribution in [3.05, 3.63) is 11.6 Å². The Hall–Kier alpha value is -0.940. The van der Waals surface area contributed by atoms with Crippen LogP contribution in [0.1, 0.15) is 37.8 Å². The summed E-state index contributed by atoms with van der Waals surface area (Å²) in [7, 11) is 5.83. The molecule has 0 saturated carbocycles. The Morgan fingerprint density at radius 3 is 2.81 bits per heavy atom. The largest absolute Gasteiger partial charge is 0.385 e. The van der Waals surface area contributed by atoms with Crippen molar-refractivity contribution in [2.24, 2.45) is 12.0 Å². The maximum atomic E-state index is 5.15. The van der Waals surface area contributed by atoms with Gasteiger partial charge in [-0.2, -0.15) is 0 Å². The summed E-state index contributed by atoms with van der Waals surface area (Å²) < 4.78 is 7.13. The zero-order chi connectivity index (χ0) is 18.9. The summed E-state index contributed by atoms with van der Waals surface area (Å²) in [5.74, 6) is 2.70. The zero-order valence-electron chi connectivity index (χ0n) is 17.4. The highest BCUT2D eigenvalue weighted by Gasteiger charge is 2.25. The standard InChI is InChI=1S/C18H35N7O.HI/c1-6-25-11-7-9-16(25)14-23(3)18(19-10-8-12-26-5)20-13-17-22-21-15(2)24(17)4;/h16H,6-14H2,1-5H3,(H,19,20);1H. The second-order valence-electron chi connectivity index (χ2n) is 6.94. The fourth-order valence-corrected chi connectivity index (χ4v) is 3.38. The number of nitrogens with zero attached hydrogens (tertiary/aromatic N) is 6. The lowest BCUT2D eigenvalue weighted by molar-refractivity contribution is 0.195. The lowest BCUT2D eigenvalue weighted by atomic mass is 10.2. The second-order valence-corrected chi connectivity index (χ2v) is 6.94. The molecule has 0 amide bonds. The number of hydrogen-bond acceptors (Lipinski definition) is 5. The monoisotopic (exact) mass is 493 g/mol. The molecule has 0 aliphatic carbocycles. The number of ether oxygens (including phenoxy) is 1. The molecule has 1 aliphatic rings. The van der Waals surface area contributed by atoms with Crippen LogP contribution < -0.4 is 5.32 Å². The van der Waals surface area contributed by atoms with Crippen LogP contribution in [0.2, 0.25) is 0 Å². The van der Waals surface area contributed by atoms with Crippen molar-refractivity contribution >= 4 is 29.9 Å². The number of guanidine groups is 1. The van der Waals surface area contributed by atoms with Crippen molar-refractivity contribution in [3.63, 3.8) is 0 Å². The SMILES string of the molecule is CCN1CCCC1CN(C)C(=NCc1nnc(C)n1C)NCCCOC.I. The van der Waals surface area contributed by atoms with Crippen LogP contribution in [0.4, 0.5) is 0 Å². The Kier molecular flexibility index (Phi) is 11.2. The lowest BCUT2D eigenvalue weighted by Gasteiger charge is -2.30. The van der Waals surface area contributed by atoms with Crippen LogP contribution in [0.15, 0.2) is 4.99 Å². The molecule has 8 nitrogen and oxygen atoms in total. The van der Waals surface area contributed by atoms with Gasteiger partial charge in [-0.15, -0.1) is 34.2 Å². The summed E-state index contributed by atoms with van der Waals surface area (Å²) in [5, 5.41) is 11.8. The van der Waals surface area contributed by atoms with E-state index in [1.165, 1.54) is 19.4 Å². The number of aromatic nitrogens is 3. The van der Waals surface area contributed by atoms with Gasteiger partial charge in [-0.1, -0.05) is 6.92 Å². The van der Waals surface area contributed by atoms with E-state index in [1.807, 2.05) is 18.5 Å². The molecule has 2 heterocycles. The van der Waals surface area contributed by atoms with Gasteiger partial charge in [0.25, 0.3) is 0 Å². The molecule has 0 radical (unpaired) electrons. The van der Waals surface area contributed by atoms with Crippen molar-refractivity contribution in [1.29, 1.82) is 0 Å². The maximum absolute atomic E-state index is 5.15. The highest BCUT2D eigenvalue weighted by Crippen LogP contribution is 2.17. The number of likely N-dealkylation sites (tertiary alicyclic amines) is 1. The number of aryl methyl sites for hydroxylation is 1. The first kappa shape index (κ1) is 24.1. The number of rotatable bonds is 9. The summed E-state index contributed by atoms with van der Waals surface area (Å²) in [4.78, 5) is 9.61. The topological polar surface area (TPSA) is 70.8 Å². The van der Waals surface area contributed by atoms with E-state index in [2.05, 4.69) is 39.3 Å².